The highest BCUT2D eigenvalue weighted by atomic mass is 16.5. The van der Waals surface area contributed by atoms with Crippen LogP contribution in [0.1, 0.15) is 18.5 Å². The third-order valence-corrected chi connectivity index (χ3v) is 6.60. The zero-order chi connectivity index (χ0) is 24.3. The quantitative estimate of drug-likeness (QED) is 0.375. The van der Waals surface area contributed by atoms with Gasteiger partial charge in [-0.15, -0.1) is 0 Å². The van der Waals surface area contributed by atoms with E-state index in [1.165, 1.54) is 0 Å². The average molecular weight is 472 g/mol. The summed E-state index contributed by atoms with van der Waals surface area (Å²) in [6.45, 7) is 2.53. The molecular weight excluding hydrogens is 446 g/mol. The summed E-state index contributed by atoms with van der Waals surface area (Å²) in [6.07, 6.45) is 7.52. The van der Waals surface area contributed by atoms with Crippen molar-refractivity contribution in [3.8, 4) is 28.7 Å². The predicted molar refractivity (Wildman–Crippen MR) is 131 cm³/mol. The van der Waals surface area contributed by atoms with Crippen LogP contribution in [0.4, 0.5) is 0 Å². The fourth-order valence-electron chi connectivity index (χ4n) is 4.43. The topological polar surface area (TPSA) is 102 Å². The minimum Gasteiger partial charge on any atom is -0.496 e. The lowest BCUT2D eigenvalue weighted by Crippen LogP contribution is -2.19. The maximum absolute atomic E-state index is 12.7. The molecule has 0 amide bonds. The fourth-order valence-corrected chi connectivity index (χ4v) is 4.43. The Balaban J connectivity index is 1.56. The first-order valence-corrected chi connectivity index (χ1v) is 11.5. The van der Waals surface area contributed by atoms with Gasteiger partial charge in [0.25, 0.3) is 0 Å². The number of ether oxygens (including phenoxy) is 2. The first-order chi connectivity index (χ1) is 17.0. The lowest BCUT2D eigenvalue weighted by molar-refractivity contribution is 0.291. The largest absolute Gasteiger partial charge is 0.496 e. The number of aryl methyl sites for hydroxylation is 3. The molecule has 1 saturated carbocycles. The van der Waals surface area contributed by atoms with Crippen LogP contribution in [0.15, 0.2) is 41.6 Å². The van der Waals surface area contributed by atoms with Gasteiger partial charge in [-0.1, -0.05) is 0 Å². The van der Waals surface area contributed by atoms with Gasteiger partial charge in [0.05, 0.1) is 42.2 Å². The Kier molecular flexibility index (Phi) is 4.84. The Labute approximate surface area is 200 Å². The van der Waals surface area contributed by atoms with E-state index in [-0.39, 0.29) is 5.69 Å². The number of rotatable bonds is 6. The van der Waals surface area contributed by atoms with Crippen molar-refractivity contribution in [3.63, 3.8) is 0 Å². The summed E-state index contributed by atoms with van der Waals surface area (Å²) >= 11 is 0. The third-order valence-electron chi connectivity index (χ3n) is 6.60. The van der Waals surface area contributed by atoms with Crippen LogP contribution in [-0.4, -0.2) is 47.6 Å². The number of aromatic nitrogens is 7. The van der Waals surface area contributed by atoms with Gasteiger partial charge in [-0.3, -0.25) is 19.1 Å². The molecule has 0 bridgehead atoms. The van der Waals surface area contributed by atoms with Crippen LogP contribution >= 0.6 is 0 Å². The molecule has 1 fully saturated rings. The van der Waals surface area contributed by atoms with Crippen molar-refractivity contribution in [1.29, 1.82) is 0 Å². The Bertz CT molecular complexity index is 1660. The van der Waals surface area contributed by atoms with Gasteiger partial charge in [0.2, 0.25) is 5.88 Å². The van der Waals surface area contributed by atoms with E-state index >= 15 is 0 Å². The summed E-state index contributed by atoms with van der Waals surface area (Å²) in [5, 5.41) is 5.54. The number of nitrogens with zero attached hydrogens (tertiary/aromatic N) is 7. The van der Waals surface area contributed by atoms with Gasteiger partial charge in [-0.2, -0.15) is 10.1 Å². The molecule has 0 radical (unpaired) electrons. The minimum atomic E-state index is -0.133. The molecule has 10 nitrogen and oxygen atoms in total. The van der Waals surface area contributed by atoms with Gasteiger partial charge in [-0.25, -0.2) is 9.48 Å². The zero-order valence-electron chi connectivity index (χ0n) is 20.0. The van der Waals surface area contributed by atoms with Crippen molar-refractivity contribution in [2.75, 3.05) is 13.7 Å². The molecule has 35 heavy (non-hydrogen) atoms. The molecule has 10 heteroatoms. The second-order valence-electron chi connectivity index (χ2n) is 8.97. The molecule has 0 spiro atoms. The zero-order valence-corrected chi connectivity index (χ0v) is 20.0. The molecule has 6 rings (SSSR count). The van der Waals surface area contributed by atoms with Crippen molar-refractivity contribution in [3.05, 3.63) is 53.0 Å². The molecule has 5 aromatic heterocycles. The molecule has 0 aromatic carbocycles. The van der Waals surface area contributed by atoms with Crippen LogP contribution in [0, 0.1) is 12.8 Å². The van der Waals surface area contributed by atoms with Crippen LogP contribution in [0.5, 0.6) is 11.6 Å². The summed E-state index contributed by atoms with van der Waals surface area (Å²) in [5.74, 6) is 2.24. The summed E-state index contributed by atoms with van der Waals surface area (Å²) < 4.78 is 16.6. The van der Waals surface area contributed by atoms with Gasteiger partial charge in [0.1, 0.15) is 11.3 Å². The monoisotopic (exact) mass is 471 g/mol. The van der Waals surface area contributed by atoms with Crippen LogP contribution < -0.4 is 15.2 Å². The third kappa shape index (κ3) is 3.44. The Morgan fingerprint density at radius 1 is 1.09 bits per heavy atom. The second-order valence-corrected chi connectivity index (χ2v) is 8.97. The van der Waals surface area contributed by atoms with E-state index in [1.807, 2.05) is 25.1 Å². The first kappa shape index (κ1) is 21.3. The normalized spacial score (nSPS) is 13.6. The number of fused-ring (bicyclic) bond motifs is 2. The van der Waals surface area contributed by atoms with E-state index in [4.69, 9.17) is 19.4 Å². The summed E-state index contributed by atoms with van der Waals surface area (Å²) in [7, 11) is 5.12. The molecule has 0 atom stereocenters. The van der Waals surface area contributed by atoms with Crippen molar-refractivity contribution >= 4 is 21.9 Å². The molecule has 0 N–H and O–H groups in total. The maximum Gasteiger partial charge on any atom is 0.328 e. The van der Waals surface area contributed by atoms with E-state index in [1.54, 1.807) is 53.6 Å². The van der Waals surface area contributed by atoms with Crippen LogP contribution in [0.2, 0.25) is 0 Å². The number of methoxy groups -OCH3 is 1. The van der Waals surface area contributed by atoms with E-state index in [2.05, 4.69) is 10.1 Å². The van der Waals surface area contributed by atoms with Gasteiger partial charge in [0.15, 0.2) is 5.82 Å². The number of pyridine rings is 3. The molecule has 0 aliphatic heterocycles. The number of hydrogen-bond donors (Lipinski definition) is 0. The smallest absolute Gasteiger partial charge is 0.328 e. The minimum absolute atomic E-state index is 0.133. The first-order valence-electron chi connectivity index (χ1n) is 11.5. The standard InChI is InChI=1S/C25H25N7O3/c1-14-16-12-27-32(19(16)9-18(28-14)17-11-26-8-7-21(17)34-4)22-10-20-23(31(3)25(33)30(20)2)24(29-22)35-13-15-5-6-15/h7-12,15H,5-6,13H2,1-4H3. The van der Waals surface area contributed by atoms with Crippen LogP contribution in [0.25, 0.3) is 39.0 Å². The van der Waals surface area contributed by atoms with Crippen molar-refractivity contribution in [2.45, 2.75) is 19.8 Å². The summed E-state index contributed by atoms with van der Waals surface area (Å²) in [4.78, 5) is 26.5. The molecule has 0 unspecified atom stereocenters. The summed E-state index contributed by atoms with van der Waals surface area (Å²) in [5.41, 5.74) is 4.45. The maximum atomic E-state index is 12.7. The average Bonchev–Trinajstić information content (AvgIpc) is 3.56. The molecule has 1 aliphatic carbocycles. The molecule has 178 valence electrons. The highest BCUT2D eigenvalue weighted by Crippen LogP contribution is 2.34. The van der Waals surface area contributed by atoms with Gasteiger partial charge in [-0.05, 0) is 37.8 Å². The Morgan fingerprint density at radius 2 is 1.91 bits per heavy atom. The number of imidazole rings is 1. The molecule has 5 aromatic rings. The second kappa shape index (κ2) is 7.93. The van der Waals surface area contributed by atoms with Crippen molar-refractivity contribution < 1.29 is 9.47 Å². The fraction of sp³-hybridized carbons (Fsp3) is 0.320. The Morgan fingerprint density at radius 3 is 2.69 bits per heavy atom. The van der Waals surface area contributed by atoms with E-state index in [0.29, 0.717) is 35.5 Å². The molecule has 5 heterocycles. The summed E-state index contributed by atoms with van der Waals surface area (Å²) in [6, 6.07) is 5.63. The molecule has 1 aliphatic rings. The predicted octanol–water partition coefficient (Wildman–Crippen LogP) is 3.17. The number of hydrogen-bond acceptors (Lipinski definition) is 7. The Hall–Kier alpha value is -4.21. The van der Waals surface area contributed by atoms with Gasteiger partial charge >= 0.3 is 5.69 Å². The molecular formula is C25H25N7O3. The van der Waals surface area contributed by atoms with Gasteiger partial charge in [0, 0.05) is 43.6 Å². The lowest BCUT2D eigenvalue weighted by atomic mass is 10.1. The SMILES string of the molecule is COc1ccncc1-c1cc2c(cnn2-c2cc3c(c(OCC4CC4)n2)n(C)c(=O)n3C)c(C)n1. The molecule has 0 saturated heterocycles. The van der Waals surface area contributed by atoms with Gasteiger partial charge < -0.3 is 9.47 Å². The highest BCUT2D eigenvalue weighted by Gasteiger charge is 2.25. The lowest BCUT2D eigenvalue weighted by Gasteiger charge is -2.12. The van der Waals surface area contributed by atoms with E-state index < -0.39 is 0 Å². The van der Waals surface area contributed by atoms with Crippen molar-refractivity contribution in [1.82, 2.24) is 33.9 Å². The highest BCUT2D eigenvalue weighted by molar-refractivity contribution is 5.88. The van der Waals surface area contributed by atoms with Crippen LogP contribution in [-0.2, 0) is 14.1 Å². The van der Waals surface area contributed by atoms with E-state index in [9.17, 15) is 4.79 Å². The van der Waals surface area contributed by atoms with E-state index in [0.717, 1.165) is 46.2 Å². The van der Waals surface area contributed by atoms with Crippen molar-refractivity contribution in [2.24, 2.45) is 20.0 Å². The van der Waals surface area contributed by atoms with Crippen LogP contribution in [0.3, 0.4) is 0 Å².